The molecule has 0 saturated heterocycles. The van der Waals surface area contributed by atoms with E-state index in [9.17, 15) is 13.2 Å². The fraction of sp³-hybridized carbons (Fsp3) is 0.214. The van der Waals surface area contributed by atoms with Crippen LogP contribution in [0.5, 0.6) is 11.9 Å². The highest BCUT2D eigenvalue weighted by atomic mass is 32.2. The lowest BCUT2D eigenvalue weighted by molar-refractivity contribution is 0.101. The summed E-state index contributed by atoms with van der Waals surface area (Å²) in [5, 5.41) is 0. The van der Waals surface area contributed by atoms with E-state index in [0.717, 1.165) is 0 Å². The van der Waals surface area contributed by atoms with Gasteiger partial charge in [0.05, 0.1) is 25.3 Å². The molecule has 2 rings (SSSR count). The van der Waals surface area contributed by atoms with Gasteiger partial charge in [0, 0.05) is 5.56 Å². The summed E-state index contributed by atoms with van der Waals surface area (Å²) in [6.45, 7) is 1.40. The average molecular weight is 337 g/mol. The Kier molecular flexibility index (Phi) is 4.80. The van der Waals surface area contributed by atoms with Crippen LogP contribution in [0.25, 0.3) is 0 Å². The van der Waals surface area contributed by atoms with Gasteiger partial charge < -0.3 is 9.47 Å². The van der Waals surface area contributed by atoms with E-state index in [1.165, 1.54) is 51.6 Å². The number of ketones is 1. The van der Waals surface area contributed by atoms with Crippen LogP contribution in [0.15, 0.2) is 35.4 Å². The quantitative estimate of drug-likeness (QED) is 0.796. The first-order chi connectivity index (χ1) is 10.9. The first-order valence-electron chi connectivity index (χ1n) is 6.46. The van der Waals surface area contributed by atoms with E-state index in [-0.39, 0.29) is 28.3 Å². The van der Waals surface area contributed by atoms with Crippen LogP contribution < -0.4 is 14.2 Å². The van der Waals surface area contributed by atoms with Gasteiger partial charge in [0.2, 0.25) is 5.88 Å². The molecule has 122 valence electrons. The second-order valence-corrected chi connectivity index (χ2v) is 6.15. The van der Waals surface area contributed by atoms with E-state index in [4.69, 9.17) is 9.47 Å². The number of carbonyl (C=O) groups is 1. The van der Waals surface area contributed by atoms with E-state index >= 15 is 0 Å². The second-order valence-electron chi connectivity index (χ2n) is 4.47. The number of benzene rings is 1. The van der Waals surface area contributed by atoms with Crippen molar-refractivity contribution in [2.45, 2.75) is 11.8 Å². The first kappa shape index (κ1) is 16.7. The lowest BCUT2D eigenvalue weighted by Gasteiger charge is -2.11. The molecule has 0 saturated carbocycles. The predicted molar refractivity (Wildman–Crippen MR) is 82.4 cm³/mol. The average Bonchev–Trinajstić information content (AvgIpc) is 2.55. The number of hydrogen-bond acceptors (Lipinski definition) is 7. The first-order valence-corrected chi connectivity index (χ1v) is 7.94. The van der Waals surface area contributed by atoms with Gasteiger partial charge in [-0.15, -0.1) is 0 Å². The number of nitrogens with one attached hydrogen (secondary N) is 1. The third-order valence-corrected chi connectivity index (χ3v) is 4.30. The molecule has 0 aliphatic heterocycles. The molecule has 0 radical (unpaired) electrons. The number of carbonyl (C=O) groups excluding carboxylic acids is 1. The van der Waals surface area contributed by atoms with Crippen molar-refractivity contribution in [1.82, 2.24) is 9.97 Å². The van der Waals surface area contributed by atoms with Gasteiger partial charge in [-0.25, -0.2) is 13.4 Å². The van der Waals surface area contributed by atoms with E-state index in [1.807, 2.05) is 0 Å². The fourth-order valence-electron chi connectivity index (χ4n) is 1.75. The number of nitrogens with zero attached hydrogens (tertiary/aromatic N) is 2. The number of anilines is 1. The van der Waals surface area contributed by atoms with Gasteiger partial charge in [-0.1, -0.05) is 12.1 Å². The molecule has 1 heterocycles. The number of sulfonamides is 1. The minimum absolute atomic E-state index is 0.000344. The van der Waals surface area contributed by atoms with Crippen molar-refractivity contribution in [2.75, 3.05) is 18.9 Å². The molecular weight excluding hydrogens is 322 g/mol. The number of rotatable bonds is 6. The summed E-state index contributed by atoms with van der Waals surface area (Å²) in [5.74, 6) is -0.118. The van der Waals surface area contributed by atoms with Gasteiger partial charge in [0.1, 0.15) is 5.69 Å². The molecule has 0 fully saturated rings. The summed E-state index contributed by atoms with van der Waals surface area (Å²) in [6.07, 6.45) is 1.24. The molecule has 0 unspecified atom stereocenters. The third-order valence-electron chi connectivity index (χ3n) is 2.92. The Balaban J connectivity index is 2.32. The Hall–Kier alpha value is -2.68. The summed E-state index contributed by atoms with van der Waals surface area (Å²) in [4.78, 5) is 19.0. The van der Waals surface area contributed by atoms with Crippen LogP contribution in [0.2, 0.25) is 0 Å². The fourth-order valence-corrected chi connectivity index (χ4v) is 2.79. The maximum Gasteiger partial charge on any atom is 0.319 e. The highest BCUT2D eigenvalue weighted by Gasteiger charge is 2.18. The predicted octanol–water partition coefficient (Wildman–Crippen LogP) is 1.50. The number of methoxy groups -OCH3 is 2. The molecule has 23 heavy (non-hydrogen) atoms. The highest BCUT2D eigenvalue weighted by molar-refractivity contribution is 7.92. The lowest BCUT2D eigenvalue weighted by atomic mass is 10.2. The van der Waals surface area contributed by atoms with Gasteiger partial charge >= 0.3 is 6.01 Å². The Morgan fingerprint density at radius 1 is 1.13 bits per heavy atom. The zero-order chi connectivity index (χ0) is 17.0. The van der Waals surface area contributed by atoms with Crippen LogP contribution in [0.3, 0.4) is 0 Å². The summed E-state index contributed by atoms with van der Waals surface area (Å²) < 4.78 is 36.9. The standard InChI is InChI=1S/C14H15N3O5S/c1-9(18)10-4-6-11(7-5-10)23(19,20)17-12-8-15-14(22-3)16-13(12)21-2/h4-8,17H,1-3H3. The normalized spacial score (nSPS) is 10.9. The van der Waals surface area contributed by atoms with Gasteiger partial charge in [-0.2, -0.15) is 4.98 Å². The highest BCUT2D eigenvalue weighted by Crippen LogP contribution is 2.25. The summed E-state index contributed by atoms with van der Waals surface area (Å²) in [7, 11) is -1.14. The molecule has 1 aromatic carbocycles. The molecule has 0 aliphatic carbocycles. The summed E-state index contributed by atoms with van der Waals surface area (Å²) in [5.41, 5.74) is 0.498. The minimum atomic E-state index is -3.87. The van der Waals surface area contributed by atoms with Gasteiger partial charge in [-0.3, -0.25) is 9.52 Å². The maximum absolute atomic E-state index is 12.4. The number of Topliss-reactive ketones (excluding diaryl/α,β-unsaturated/α-hetero) is 1. The van der Waals surface area contributed by atoms with Crippen LogP contribution in [-0.4, -0.2) is 38.4 Å². The Morgan fingerprint density at radius 3 is 2.30 bits per heavy atom. The minimum Gasteiger partial charge on any atom is -0.479 e. The summed E-state index contributed by atoms with van der Waals surface area (Å²) >= 11 is 0. The largest absolute Gasteiger partial charge is 0.479 e. The van der Waals surface area contributed by atoms with E-state index in [0.29, 0.717) is 5.56 Å². The van der Waals surface area contributed by atoms with Crippen molar-refractivity contribution in [3.63, 3.8) is 0 Å². The number of ether oxygens (including phenoxy) is 2. The monoisotopic (exact) mass is 337 g/mol. The van der Waals surface area contributed by atoms with Crippen molar-refractivity contribution in [3.8, 4) is 11.9 Å². The van der Waals surface area contributed by atoms with Crippen molar-refractivity contribution in [1.29, 1.82) is 0 Å². The maximum atomic E-state index is 12.4. The molecular formula is C14H15N3O5S. The Bertz CT molecular complexity index is 819. The molecule has 2 aromatic rings. The third kappa shape index (κ3) is 3.75. The van der Waals surface area contributed by atoms with E-state index in [1.54, 1.807) is 0 Å². The molecule has 0 aliphatic rings. The summed E-state index contributed by atoms with van der Waals surface area (Å²) in [6, 6.07) is 5.62. The lowest BCUT2D eigenvalue weighted by Crippen LogP contribution is -2.14. The van der Waals surface area contributed by atoms with Crippen LogP contribution in [0.4, 0.5) is 5.69 Å². The van der Waals surface area contributed by atoms with Crippen molar-refractivity contribution < 1.29 is 22.7 Å². The van der Waals surface area contributed by atoms with Gasteiger partial charge in [0.25, 0.3) is 10.0 Å². The van der Waals surface area contributed by atoms with Crippen molar-refractivity contribution in [3.05, 3.63) is 36.0 Å². The molecule has 0 amide bonds. The second kappa shape index (κ2) is 6.61. The van der Waals surface area contributed by atoms with Crippen LogP contribution in [-0.2, 0) is 10.0 Å². The van der Waals surface area contributed by atoms with Crippen molar-refractivity contribution >= 4 is 21.5 Å². The number of aromatic nitrogens is 2. The number of hydrogen-bond donors (Lipinski definition) is 1. The molecule has 0 spiro atoms. The zero-order valence-corrected chi connectivity index (χ0v) is 13.5. The van der Waals surface area contributed by atoms with Gasteiger partial charge in [0.15, 0.2) is 5.78 Å². The van der Waals surface area contributed by atoms with E-state index < -0.39 is 10.0 Å². The zero-order valence-electron chi connectivity index (χ0n) is 12.7. The smallest absolute Gasteiger partial charge is 0.319 e. The topological polar surface area (TPSA) is 107 Å². The van der Waals surface area contributed by atoms with Crippen LogP contribution >= 0.6 is 0 Å². The Morgan fingerprint density at radius 2 is 1.78 bits per heavy atom. The molecule has 9 heteroatoms. The Labute approximate surface area is 133 Å². The molecule has 0 bridgehead atoms. The molecule has 8 nitrogen and oxygen atoms in total. The molecule has 0 atom stereocenters. The van der Waals surface area contributed by atoms with Gasteiger partial charge in [-0.05, 0) is 19.1 Å². The van der Waals surface area contributed by atoms with E-state index in [2.05, 4.69) is 14.7 Å². The molecule has 1 N–H and O–H groups in total. The molecule has 1 aromatic heterocycles. The van der Waals surface area contributed by atoms with Crippen LogP contribution in [0, 0.1) is 0 Å². The van der Waals surface area contributed by atoms with Crippen LogP contribution in [0.1, 0.15) is 17.3 Å². The SMILES string of the molecule is COc1ncc(NS(=O)(=O)c2ccc(C(C)=O)cc2)c(OC)n1. The van der Waals surface area contributed by atoms with Crippen molar-refractivity contribution in [2.24, 2.45) is 0 Å².